The van der Waals surface area contributed by atoms with Crippen LogP contribution in [0.1, 0.15) is 55.4 Å². The fourth-order valence-electron chi connectivity index (χ4n) is 6.87. The van der Waals surface area contributed by atoms with Gasteiger partial charge in [0.2, 0.25) is 5.91 Å². The number of nitrogens with zero attached hydrogens (tertiary/aromatic N) is 1. The molecule has 4 saturated carbocycles. The lowest BCUT2D eigenvalue weighted by Crippen LogP contribution is -2.59. The Morgan fingerprint density at radius 1 is 1.11 bits per heavy atom. The highest BCUT2D eigenvalue weighted by atomic mass is 16.3. The smallest absolute Gasteiger partial charge is 0.228 e. The lowest BCUT2D eigenvalue weighted by atomic mass is 9.42. The van der Waals surface area contributed by atoms with Crippen molar-refractivity contribution in [3.05, 3.63) is 59.5 Å². The molecule has 0 N–H and O–H groups in total. The number of hydrogen-bond acceptors (Lipinski definition) is 2. The van der Waals surface area contributed by atoms with E-state index in [0.29, 0.717) is 24.3 Å². The standard InChI is InChI=1S/C24H29NO2/c1-17-5-7-20(8-6-17)23-11-18-10-19(12-23)14-24(13-18,16-23)22(26)25(2)15-21-4-3-9-27-21/h3-9,18-19H,10-16H2,1-2H3. The Kier molecular flexibility index (Phi) is 3.79. The first-order chi connectivity index (χ1) is 13.0. The van der Waals surface area contributed by atoms with Crippen molar-refractivity contribution in [1.82, 2.24) is 4.90 Å². The molecule has 6 rings (SSSR count). The molecule has 1 heterocycles. The third kappa shape index (κ3) is 2.74. The lowest BCUT2D eigenvalue weighted by Gasteiger charge is -2.62. The molecule has 1 aromatic carbocycles. The average molecular weight is 364 g/mol. The number of hydrogen-bond donors (Lipinski definition) is 0. The fourth-order valence-corrected chi connectivity index (χ4v) is 6.87. The topological polar surface area (TPSA) is 33.5 Å². The zero-order valence-corrected chi connectivity index (χ0v) is 16.4. The zero-order chi connectivity index (χ0) is 18.6. The number of amides is 1. The van der Waals surface area contributed by atoms with Crippen LogP contribution in [0.2, 0.25) is 0 Å². The maximum atomic E-state index is 13.6. The predicted molar refractivity (Wildman–Crippen MR) is 105 cm³/mol. The molecule has 3 heteroatoms. The summed E-state index contributed by atoms with van der Waals surface area (Å²) in [5.74, 6) is 2.61. The van der Waals surface area contributed by atoms with E-state index in [0.717, 1.165) is 25.0 Å². The van der Waals surface area contributed by atoms with Gasteiger partial charge in [-0.05, 0) is 80.4 Å². The van der Waals surface area contributed by atoms with Gasteiger partial charge in [-0.25, -0.2) is 0 Å². The number of furan rings is 1. The first-order valence-electron chi connectivity index (χ1n) is 10.3. The maximum absolute atomic E-state index is 13.6. The van der Waals surface area contributed by atoms with Crippen molar-refractivity contribution in [1.29, 1.82) is 0 Å². The van der Waals surface area contributed by atoms with Crippen molar-refractivity contribution in [2.24, 2.45) is 17.3 Å². The fraction of sp³-hybridized carbons (Fsp3) is 0.542. The highest BCUT2D eigenvalue weighted by Gasteiger charge is 2.61. The zero-order valence-electron chi connectivity index (χ0n) is 16.4. The first kappa shape index (κ1) is 17.1. The molecule has 4 bridgehead atoms. The Bertz CT molecular complexity index is 822. The molecule has 0 aliphatic heterocycles. The molecule has 0 radical (unpaired) electrons. The molecule has 1 amide bonds. The Morgan fingerprint density at radius 2 is 1.81 bits per heavy atom. The maximum Gasteiger partial charge on any atom is 0.228 e. The molecule has 2 atom stereocenters. The van der Waals surface area contributed by atoms with Crippen molar-refractivity contribution in [3.63, 3.8) is 0 Å². The van der Waals surface area contributed by atoms with Gasteiger partial charge in [-0.2, -0.15) is 0 Å². The van der Waals surface area contributed by atoms with E-state index in [1.165, 1.54) is 30.4 Å². The monoisotopic (exact) mass is 363 g/mol. The number of rotatable bonds is 4. The van der Waals surface area contributed by atoms with Crippen molar-refractivity contribution in [3.8, 4) is 0 Å². The average Bonchev–Trinajstić information content (AvgIpc) is 3.13. The summed E-state index contributed by atoms with van der Waals surface area (Å²) >= 11 is 0. The quantitative estimate of drug-likeness (QED) is 0.758. The van der Waals surface area contributed by atoms with Gasteiger partial charge < -0.3 is 9.32 Å². The third-order valence-corrected chi connectivity index (χ3v) is 7.50. The highest BCUT2D eigenvalue weighted by Crippen LogP contribution is 2.66. The number of carbonyl (C=O) groups is 1. The summed E-state index contributed by atoms with van der Waals surface area (Å²) in [6.45, 7) is 2.72. The van der Waals surface area contributed by atoms with Crippen LogP contribution in [0, 0.1) is 24.2 Å². The Hall–Kier alpha value is -2.03. The summed E-state index contributed by atoms with van der Waals surface area (Å²) in [7, 11) is 1.95. The van der Waals surface area contributed by atoms with Gasteiger partial charge in [-0.3, -0.25) is 4.79 Å². The molecular formula is C24H29NO2. The summed E-state index contributed by atoms with van der Waals surface area (Å²) in [4.78, 5) is 15.5. The van der Waals surface area contributed by atoms with Gasteiger partial charge in [0, 0.05) is 7.05 Å². The first-order valence-corrected chi connectivity index (χ1v) is 10.3. The van der Waals surface area contributed by atoms with Crippen LogP contribution in [0.25, 0.3) is 0 Å². The third-order valence-electron chi connectivity index (χ3n) is 7.50. The van der Waals surface area contributed by atoms with E-state index >= 15 is 0 Å². The summed E-state index contributed by atoms with van der Waals surface area (Å²) in [6.07, 6.45) is 8.73. The normalized spacial score (nSPS) is 34.0. The van der Waals surface area contributed by atoms with Crippen LogP contribution in [0.4, 0.5) is 0 Å². The summed E-state index contributed by atoms with van der Waals surface area (Å²) in [5, 5.41) is 0. The van der Waals surface area contributed by atoms with E-state index in [2.05, 4.69) is 31.2 Å². The second-order valence-electron chi connectivity index (χ2n) is 9.63. The van der Waals surface area contributed by atoms with E-state index < -0.39 is 0 Å². The molecule has 1 aromatic heterocycles. The van der Waals surface area contributed by atoms with Gasteiger partial charge in [0.1, 0.15) is 5.76 Å². The molecule has 4 aliphatic carbocycles. The van der Waals surface area contributed by atoms with Gasteiger partial charge in [-0.15, -0.1) is 0 Å². The second-order valence-corrected chi connectivity index (χ2v) is 9.63. The van der Waals surface area contributed by atoms with E-state index in [1.54, 1.807) is 6.26 Å². The molecule has 2 unspecified atom stereocenters. The molecule has 0 saturated heterocycles. The highest BCUT2D eigenvalue weighted by molar-refractivity contribution is 5.83. The van der Waals surface area contributed by atoms with Gasteiger partial charge in [-0.1, -0.05) is 29.8 Å². The van der Waals surface area contributed by atoms with E-state index in [9.17, 15) is 4.79 Å². The second kappa shape index (κ2) is 5.98. The van der Waals surface area contributed by atoms with Gasteiger partial charge in [0.25, 0.3) is 0 Å². The van der Waals surface area contributed by atoms with E-state index in [-0.39, 0.29) is 10.8 Å². The number of carbonyl (C=O) groups excluding carboxylic acids is 1. The van der Waals surface area contributed by atoms with Crippen molar-refractivity contribution in [2.75, 3.05) is 7.05 Å². The van der Waals surface area contributed by atoms with E-state index in [1.807, 2.05) is 24.1 Å². The van der Waals surface area contributed by atoms with Gasteiger partial charge in [0.15, 0.2) is 0 Å². The molecule has 4 fully saturated rings. The minimum absolute atomic E-state index is 0.170. The van der Waals surface area contributed by atoms with Crippen LogP contribution in [-0.2, 0) is 16.8 Å². The van der Waals surface area contributed by atoms with Gasteiger partial charge in [0.05, 0.1) is 18.2 Å². The van der Waals surface area contributed by atoms with Gasteiger partial charge >= 0.3 is 0 Å². The van der Waals surface area contributed by atoms with Crippen LogP contribution in [0.5, 0.6) is 0 Å². The SMILES string of the molecule is Cc1ccc(C23CC4CC(CC(C(=O)N(C)Cc5ccco5)(C4)C2)C3)cc1. The molecule has 2 aromatic rings. The predicted octanol–water partition coefficient (Wildman–Crippen LogP) is 5.08. The van der Waals surface area contributed by atoms with Crippen LogP contribution in [-0.4, -0.2) is 17.9 Å². The Morgan fingerprint density at radius 3 is 2.44 bits per heavy atom. The minimum atomic E-state index is -0.170. The largest absolute Gasteiger partial charge is 0.467 e. The minimum Gasteiger partial charge on any atom is -0.467 e. The van der Waals surface area contributed by atoms with Crippen LogP contribution >= 0.6 is 0 Å². The van der Waals surface area contributed by atoms with Crippen LogP contribution < -0.4 is 0 Å². The number of benzene rings is 1. The molecule has 27 heavy (non-hydrogen) atoms. The summed E-state index contributed by atoms with van der Waals surface area (Å²) in [5.41, 5.74) is 2.82. The summed E-state index contributed by atoms with van der Waals surface area (Å²) < 4.78 is 5.48. The molecule has 142 valence electrons. The van der Waals surface area contributed by atoms with Crippen molar-refractivity contribution in [2.45, 2.75) is 57.4 Å². The van der Waals surface area contributed by atoms with Crippen molar-refractivity contribution < 1.29 is 9.21 Å². The summed E-state index contributed by atoms with van der Waals surface area (Å²) in [6, 6.07) is 13.0. The molecule has 4 aliphatic rings. The van der Waals surface area contributed by atoms with Crippen molar-refractivity contribution >= 4 is 5.91 Å². The Balaban J connectivity index is 1.46. The number of aryl methyl sites for hydroxylation is 1. The van der Waals surface area contributed by atoms with E-state index in [4.69, 9.17) is 4.42 Å². The van der Waals surface area contributed by atoms with Crippen LogP contribution in [0.15, 0.2) is 47.1 Å². The molecule has 3 nitrogen and oxygen atoms in total. The van der Waals surface area contributed by atoms with Crippen LogP contribution in [0.3, 0.4) is 0 Å². The Labute approximate surface area is 161 Å². The molecule has 0 spiro atoms. The lowest BCUT2D eigenvalue weighted by molar-refractivity contribution is -0.159. The molecular weight excluding hydrogens is 334 g/mol.